The number of hydrogen-bond donors (Lipinski definition) is 2. The molecule has 1 aromatic heterocycles. The van der Waals surface area contributed by atoms with E-state index in [0.717, 1.165) is 11.1 Å². The normalized spacial score (nSPS) is 11.4. The molecule has 0 saturated carbocycles. The van der Waals surface area contributed by atoms with Gasteiger partial charge in [-0.25, -0.2) is 0 Å². The van der Waals surface area contributed by atoms with Crippen molar-refractivity contribution in [1.82, 2.24) is 0 Å². The summed E-state index contributed by atoms with van der Waals surface area (Å²) in [6.45, 7) is 6.45. The molecule has 0 bridgehead atoms. The fourth-order valence-electron chi connectivity index (χ4n) is 2.62. The Hall–Kier alpha value is -1.85. The number of benzene rings is 1. The van der Waals surface area contributed by atoms with Gasteiger partial charge in [0.05, 0.1) is 18.6 Å². The third kappa shape index (κ3) is 3.15. The fraction of sp³-hybridized carbons (Fsp3) is 0.471. The molecular formula is C17H23NO4. The molecule has 0 atom stereocenters. The Morgan fingerprint density at radius 3 is 2.36 bits per heavy atom. The van der Waals surface area contributed by atoms with Crippen molar-refractivity contribution in [1.29, 1.82) is 0 Å². The number of aliphatic hydroxyl groups excluding tert-OH is 2. The van der Waals surface area contributed by atoms with Crippen molar-refractivity contribution in [3.63, 3.8) is 0 Å². The Morgan fingerprint density at radius 2 is 1.82 bits per heavy atom. The number of fused-ring (bicyclic) bond motifs is 1. The van der Waals surface area contributed by atoms with E-state index in [1.807, 2.05) is 19.1 Å². The largest absolute Gasteiger partial charge is 0.440 e. The lowest BCUT2D eigenvalue weighted by Gasteiger charge is -2.22. The molecule has 1 aromatic carbocycles. The van der Waals surface area contributed by atoms with Gasteiger partial charge in [-0.2, -0.15) is 0 Å². The van der Waals surface area contributed by atoms with E-state index in [-0.39, 0.29) is 24.6 Å². The third-order valence-electron chi connectivity index (χ3n) is 3.78. The molecule has 0 aliphatic rings. The van der Waals surface area contributed by atoms with E-state index in [1.54, 1.807) is 4.90 Å². The zero-order valence-electron chi connectivity index (χ0n) is 13.3. The Labute approximate surface area is 129 Å². The van der Waals surface area contributed by atoms with Crippen LogP contribution in [0.15, 0.2) is 27.4 Å². The van der Waals surface area contributed by atoms with Crippen LogP contribution in [0.3, 0.4) is 0 Å². The maximum atomic E-state index is 12.5. The van der Waals surface area contributed by atoms with Crippen LogP contribution in [0.5, 0.6) is 0 Å². The summed E-state index contributed by atoms with van der Waals surface area (Å²) in [4.78, 5) is 14.2. The molecule has 0 radical (unpaired) electrons. The van der Waals surface area contributed by atoms with Crippen molar-refractivity contribution in [2.24, 2.45) is 0 Å². The molecule has 22 heavy (non-hydrogen) atoms. The van der Waals surface area contributed by atoms with Gasteiger partial charge in [0.25, 0.3) is 0 Å². The monoisotopic (exact) mass is 305 g/mol. The van der Waals surface area contributed by atoms with Gasteiger partial charge in [-0.1, -0.05) is 26.0 Å². The molecule has 120 valence electrons. The smallest absolute Gasteiger partial charge is 0.200 e. The fourth-order valence-corrected chi connectivity index (χ4v) is 2.62. The van der Waals surface area contributed by atoms with Crippen molar-refractivity contribution in [3.05, 3.63) is 39.5 Å². The summed E-state index contributed by atoms with van der Waals surface area (Å²) in [5.41, 5.74) is 2.36. The summed E-state index contributed by atoms with van der Waals surface area (Å²) in [5.74, 6) is 0.610. The number of aryl methyl sites for hydroxylation is 1. The number of anilines is 1. The van der Waals surface area contributed by atoms with Crippen LogP contribution < -0.4 is 10.3 Å². The number of aliphatic hydroxyl groups is 2. The summed E-state index contributed by atoms with van der Waals surface area (Å²) in [5, 5.41) is 18.9. The van der Waals surface area contributed by atoms with E-state index in [0.29, 0.717) is 29.9 Å². The first-order valence-electron chi connectivity index (χ1n) is 7.53. The molecule has 0 aliphatic carbocycles. The highest BCUT2D eigenvalue weighted by Crippen LogP contribution is 2.29. The van der Waals surface area contributed by atoms with Crippen molar-refractivity contribution >= 4 is 16.9 Å². The number of nitrogens with zero attached hydrogens (tertiary/aromatic N) is 1. The van der Waals surface area contributed by atoms with Gasteiger partial charge in [0.15, 0.2) is 11.3 Å². The first kappa shape index (κ1) is 16.5. The first-order valence-corrected chi connectivity index (χ1v) is 7.53. The SMILES string of the molecule is Cc1ccc(C(C)C)c2oc(N(CCO)CCO)cc(=O)c12. The standard InChI is InChI=1S/C17H23NO4/c1-11(2)13-5-4-12(3)16-14(21)10-15(22-17(13)16)18(6-8-19)7-9-20/h4-5,10-11,19-20H,6-9H2,1-3H3. The number of rotatable bonds is 6. The minimum Gasteiger partial charge on any atom is -0.440 e. The first-order chi connectivity index (χ1) is 10.5. The van der Waals surface area contributed by atoms with Gasteiger partial charge < -0.3 is 19.5 Å². The predicted molar refractivity (Wildman–Crippen MR) is 87.7 cm³/mol. The van der Waals surface area contributed by atoms with Gasteiger partial charge in [0, 0.05) is 19.2 Å². The lowest BCUT2D eigenvalue weighted by molar-refractivity contribution is 0.277. The van der Waals surface area contributed by atoms with Crippen LogP contribution in [-0.4, -0.2) is 36.5 Å². The molecule has 2 aromatic rings. The molecule has 2 rings (SSSR count). The molecular weight excluding hydrogens is 282 g/mol. The molecule has 0 saturated heterocycles. The molecule has 1 heterocycles. The Balaban J connectivity index is 2.69. The highest BCUT2D eigenvalue weighted by molar-refractivity contribution is 5.84. The van der Waals surface area contributed by atoms with Gasteiger partial charge in [0.1, 0.15) is 5.58 Å². The summed E-state index contributed by atoms with van der Waals surface area (Å²) in [6.07, 6.45) is 0. The van der Waals surface area contributed by atoms with Gasteiger partial charge in [-0.3, -0.25) is 4.79 Å². The van der Waals surface area contributed by atoms with Crippen LogP contribution in [0.2, 0.25) is 0 Å². The van der Waals surface area contributed by atoms with Crippen LogP contribution in [0.25, 0.3) is 11.0 Å². The Kier molecular flexibility index (Phi) is 5.21. The molecule has 0 aliphatic heterocycles. The van der Waals surface area contributed by atoms with Gasteiger partial charge >= 0.3 is 0 Å². The average molecular weight is 305 g/mol. The van der Waals surface area contributed by atoms with Crippen molar-refractivity contribution < 1.29 is 14.6 Å². The second-order valence-corrected chi connectivity index (χ2v) is 5.71. The van der Waals surface area contributed by atoms with Gasteiger partial charge in [-0.15, -0.1) is 0 Å². The quantitative estimate of drug-likeness (QED) is 0.854. The van der Waals surface area contributed by atoms with E-state index in [4.69, 9.17) is 14.6 Å². The third-order valence-corrected chi connectivity index (χ3v) is 3.78. The van der Waals surface area contributed by atoms with E-state index >= 15 is 0 Å². The molecule has 0 fully saturated rings. The van der Waals surface area contributed by atoms with Gasteiger partial charge in [0.2, 0.25) is 0 Å². The lowest BCUT2D eigenvalue weighted by Crippen LogP contribution is -2.30. The second-order valence-electron chi connectivity index (χ2n) is 5.71. The van der Waals surface area contributed by atoms with Crippen LogP contribution in [-0.2, 0) is 0 Å². The minimum absolute atomic E-state index is 0.0768. The molecule has 0 amide bonds. The molecule has 2 N–H and O–H groups in total. The van der Waals surface area contributed by atoms with Crippen LogP contribution in [0.1, 0.15) is 30.9 Å². The van der Waals surface area contributed by atoms with Crippen LogP contribution >= 0.6 is 0 Å². The predicted octanol–water partition coefficient (Wildman–Crippen LogP) is 2.02. The zero-order chi connectivity index (χ0) is 16.3. The maximum Gasteiger partial charge on any atom is 0.200 e. The minimum atomic E-state index is -0.0999. The van der Waals surface area contributed by atoms with E-state index in [9.17, 15) is 4.79 Å². The van der Waals surface area contributed by atoms with Crippen molar-refractivity contribution in [2.75, 3.05) is 31.2 Å². The van der Waals surface area contributed by atoms with Crippen LogP contribution in [0.4, 0.5) is 5.88 Å². The van der Waals surface area contributed by atoms with Crippen molar-refractivity contribution in [3.8, 4) is 0 Å². The summed E-state index contributed by atoms with van der Waals surface area (Å²) in [7, 11) is 0. The zero-order valence-corrected chi connectivity index (χ0v) is 13.3. The molecule has 5 nitrogen and oxygen atoms in total. The maximum absolute atomic E-state index is 12.5. The highest BCUT2D eigenvalue weighted by Gasteiger charge is 2.16. The van der Waals surface area contributed by atoms with E-state index in [1.165, 1.54) is 6.07 Å². The lowest BCUT2D eigenvalue weighted by atomic mass is 9.98. The average Bonchev–Trinajstić information content (AvgIpc) is 2.46. The number of hydrogen-bond acceptors (Lipinski definition) is 5. The second kappa shape index (κ2) is 6.94. The van der Waals surface area contributed by atoms with Crippen molar-refractivity contribution in [2.45, 2.75) is 26.7 Å². The summed E-state index contributed by atoms with van der Waals surface area (Å²) < 4.78 is 5.99. The highest BCUT2D eigenvalue weighted by atomic mass is 16.4. The molecule has 5 heteroatoms. The Morgan fingerprint density at radius 1 is 1.18 bits per heavy atom. The van der Waals surface area contributed by atoms with E-state index in [2.05, 4.69) is 13.8 Å². The van der Waals surface area contributed by atoms with Gasteiger partial charge in [-0.05, 0) is 24.0 Å². The molecule has 0 unspecified atom stereocenters. The topological polar surface area (TPSA) is 73.9 Å². The van der Waals surface area contributed by atoms with Crippen LogP contribution in [0, 0.1) is 6.92 Å². The molecule has 0 spiro atoms. The summed E-state index contributed by atoms with van der Waals surface area (Å²) >= 11 is 0. The van der Waals surface area contributed by atoms with E-state index < -0.39 is 0 Å². The summed E-state index contributed by atoms with van der Waals surface area (Å²) in [6, 6.07) is 5.36. The Bertz CT molecular complexity index is 700.